The lowest BCUT2D eigenvalue weighted by molar-refractivity contribution is 0.204. The average molecular weight is 302 g/mol. The third-order valence-electron chi connectivity index (χ3n) is 2.69. The van der Waals surface area contributed by atoms with Crippen molar-refractivity contribution in [2.45, 2.75) is 18.4 Å². The van der Waals surface area contributed by atoms with Crippen molar-refractivity contribution in [3.63, 3.8) is 0 Å². The molecule has 0 aromatic heterocycles. The smallest absolute Gasteiger partial charge is 0.244 e. The van der Waals surface area contributed by atoms with Gasteiger partial charge in [-0.1, -0.05) is 13.0 Å². The first-order valence-corrected chi connectivity index (χ1v) is 7.89. The second kappa shape index (κ2) is 8.21. The lowest BCUT2D eigenvalue weighted by atomic mass is 10.2. The van der Waals surface area contributed by atoms with E-state index in [1.165, 1.54) is 14.2 Å². The molecule has 0 radical (unpaired) electrons. The Labute approximate surface area is 120 Å². The molecule has 0 aliphatic carbocycles. The van der Waals surface area contributed by atoms with E-state index in [1.54, 1.807) is 12.1 Å². The van der Waals surface area contributed by atoms with E-state index < -0.39 is 10.0 Å². The lowest BCUT2D eigenvalue weighted by Gasteiger charge is -2.12. The van der Waals surface area contributed by atoms with Gasteiger partial charge < -0.3 is 14.8 Å². The molecule has 0 aliphatic heterocycles. The summed E-state index contributed by atoms with van der Waals surface area (Å²) < 4.78 is 36.9. The number of rotatable bonds is 9. The molecule has 0 fully saturated rings. The van der Waals surface area contributed by atoms with Crippen LogP contribution in [-0.2, 0) is 21.3 Å². The van der Waals surface area contributed by atoms with Crippen molar-refractivity contribution in [3.8, 4) is 5.75 Å². The van der Waals surface area contributed by atoms with Crippen LogP contribution < -0.4 is 14.8 Å². The van der Waals surface area contributed by atoms with Crippen molar-refractivity contribution in [1.29, 1.82) is 0 Å². The molecule has 6 nitrogen and oxygen atoms in total. The molecule has 0 atom stereocenters. The highest BCUT2D eigenvalue weighted by Crippen LogP contribution is 2.24. The summed E-state index contributed by atoms with van der Waals surface area (Å²) in [6.07, 6.45) is 0. The molecule has 114 valence electrons. The zero-order valence-electron chi connectivity index (χ0n) is 12.1. The van der Waals surface area contributed by atoms with E-state index in [9.17, 15) is 8.42 Å². The Morgan fingerprint density at radius 2 is 2.00 bits per heavy atom. The van der Waals surface area contributed by atoms with Crippen LogP contribution in [0.2, 0.25) is 0 Å². The number of methoxy groups -OCH3 is 2. The van der Waals surface area contributed by atoms with Crippen LogP contribution in [0.15, 0.2) is 23.1 Å². The van der Waals surface area contributed by atoms with Gasteiger partial charge in [0.2, 0.25) is 10.0 Å². The molecule has 0 amide bonds. The summed E-state index contributed by atoms with van der Waals surface area (Å²) >= 11 is 0. The summed E-state index contributed by atoms with van der Waals surface area (Å²) in [6.45, 7) is 3.97. The quantitative estimate of drug-likeness (QED) is 0.658. The van der Waals surface area contributed by atoms with Crippen LogP contribution in [0.4, 0.5) is 0 Å². The van der Waals surface area contributed by atoms with Gasteiger partial charge >= 0.3 is 0 Å². The monoisotopic (exact) mass is 302 g/mol. The van der Waals surface area contributed by atoms with Crippen molar-refractivity contribution in [2.24, 2.45) is 0 Å². The van der Waals surface area contributed by atoms with E-state index in [1.807, 2.05) is 13.0 Å². The summed E-state index contributed by atoms with van der Waals surface area (Å²) in [5, 5.41) is 3.16. The number of hydrogen-bond donors (Lipinski definition) is 2. The third kappa shape index (κ3) is 4.75. The summed E-state index contributed by atoms with van der Waals surface area (Å²) in [6, 6.07) is 5.13. The molecule has 0 heterocycles. The van der Waals surface area contributed by atoms with Crippen molar-refractivity contribution in [3.05, 3.63) is 23.8 Å². The molecule has 1 aromatic carbocycles. The summed E-state index contributed by atoms with van der Waals surface area (Å²) in [5.41, 5.74) is 0.889. The highest BCUT2D eigenvalue weighted by atomic mass is 32.2. The Morgan fingerprint density at radius 3 is 2.60 bits per heavy atom. The first-order valence-electron chi connectivity index (χ1n) is 6.41. The molecule has 0 saturated heterocycles. The molecule has 0 bridgehead atoms. The standard InChI is InChI=1S/C13H22N2O4S/c1-4-14-10-11-5-6-12(19-3)13(9-11)20(16,17)15-7-8-18-2/h5-6,9,14-15H,4,7-8,10H2,1-3H3. The third-order valence-corrected chi connectivity index (χ3v) is 4.18. The molecule has 0 spiro atoms. The molecule has 2 N–H and O–H groups in total. The number of benzene rings is 1. The highest BCUT2D eigenvalue weighted by Gasteiger charge is 2.19. The molecule has 1 aromatic rings. The van der Waals surface area contributed by atoms with Crippen LogP contribution in [0.3, 0.4) is 0 Å². The fraction of sp³-hybridized carbons (Fsp3) is 0.538. The number of nitrogens with one attached hydrogen (secondary N) is 2. The van der Waals surface area contributed by atoms with Crippen LogP contribution >= 0.6 is 0 Å². The van der Waals surface area contributed by atoms with E-state index >= 15 is 0 Å². The van der Waals surface area contributed by atoms with E-state index in [0.717, 1.165) is 12.1 Å². The topological polar surface area (TPSA) is 76.7 Å². The van der Waals surface area contributed by atoms with Gasteiger partial charge in [0.15, 0.2) is 0 Å². The Kier molecular flexibility index (Phi) is 6.94. The lowest BCUT2D eigenvalue weighted by Crippen LogP contribution is -2.27. The predicted octanol–water partition coefficient (Wildman–Crippen LogP) is 0.729. The molecule has 0 aliphatic rings. The second-order valence-electron chi connectivity index (χ2n) is 4.16. The first-order chi connectivity index (χ1) is 9.55. The first kappa shape index (κ1) is 16.9. The number of ether oxygens (including phenoxy) is 2. The number of hydrogen-bond acceptors (Lipinski definition) is 5. The Morgan fingerprint density at radius 1 is 1.25 bits per heavy atom. The Bertz CT molecular complexity index is 517. The SMILES string of the molecule is CCNCc1ccc(OC)c(S(=O)(=O)NCCOC)c1. The maximum atomic E-state index is 12.2. The second-order valence-corrected chi connectivity index (χ2v) is 5.89. The van der Waals surface area contributed by atoms with Gasteiger partial charge in [0.05, 0.1) is 13.7 Å². The minimum absolute atomic E-state index is 0.145. The molecule has 20 heavy (non-hydrogen) atoms. The fourth-order valence-electron chi connectivity index (χ4n) is 1.67. The van der Waals surface area contributed by atoms with E-state index in [4.69, 9.17) is 9.47 Å². The van der Waals surface area contributed by atoms with Gasteiger partial charge in [-0.15, -0.1) is 0 Å². The van der Waals surface area contributed by atoms with Gasteiger partial charge in [-0.3, -0.25) is 0 Å². The normalized spacial score (nSPS) is 11.6. The zero-order valence-corrected chi connectivity index (χ0v) is 12.9. The minimum atomic E-state index is -3.61. The van der Waals surface area contributed by atoms with E-state index in [-0.39, 0.29) is 11.4 Å². The molecule has 0 unspecified atom stereocenters. The predicted molar refractivity (Wildman–Crippen MR) is 77.4 cm³/mol. The van der Waals surface area contributed by atoms with Crippen molar-refractivity contribution in [2.75, 3.05) is 33.9 Å². The largest absolute Gasteiger partial charge is 0.495 e. The van der Waals surface area contributed by atoms with Crippen molar-refractivity contribution in [1.82, 2.24) is 10.0 Å². The molecular formula is C13H22N2O4S. The summed E-state index contributed by atoms with van der Waals surface area (Å²) in [7, 11) is -0.634. The van der Waals surface area contributed by atoms with Crippen LogP contribution in [0.5, 0.6) is 5.75 Å². The van der Waals surface area contributed by atoms with E-state index in [2.05, 4.69) is 10.0 Å². The molecule has 1 rings (SSSR count). The van der Waals surface area contributed by atoms with Crippen molar-refractivity contribution >= 4 is 10.0 Å². The van der Waals surface area contributed by atoms with E-state index in [0.29, 0.717) is 18.9 Å². The van der Waals surface area contributed by atoms with Gasteiger partial charge in [0, 0.05) is 20.2 Å². The van der Waals surface area contributed by atoms with Gasteiger partial charge in [-0.2, -0.15) is 0 Å². The summed E-state index contributed by atoms with van der Waals surface area (Å²) in [5.74, 6) is 0.329. The maximum Gasteiger partial charge on any atom is 0.244 e. The molecule has 7 heteroatoms. The average Bonchev–Trinajstić information content (AvgIpc) is 2.45. The van der Waals surface area contributed by atoms with Crippen LogP contribution in [0, 0.1) is 0 Å². The highest BCUT2D eigenvalue weighted by molar-refractivity contribution is 7.89. The van der Waals surface area contributed by atoms with Gasteiger partial charge in [0.1, 0.15) is 10.6 Å². The van der Waals surface area contributed by atoms with Crippen LogP contribution in [0.25, 0.3) is 0 Å². The van der Waals surface area contributed by atoms with Crippen molar-refractivity contribution < 1.29 is 17.9 Å². The maximum absolute atomic E-state index is 12.2. The van der Waals surface area contributed by atoms with Gasteiger partial charge in [-0.05, 0) is 24.2 Å². The van der Waals surface area contributed by atoms with Gasteiger partial charge in [0.25, 0.3) is 0 Å². The van der Waals surface area contributed by atoms with Crippen LogP contribution in [0.1, 0.15) is 12.5 Å². The molecule has 0 saturated carbocycles. The fourth-order valence-corrected chi connectivity index (χ4v) is 2.90. The molecular weight excluding hydrogens is 280 g/mol. The summed E-state index contributed by atoms with van der Waals surface area (Å²) in [4.78, 5) is 0.145. The number of sulfonamides is 1. The minimum Gasteiger partial charge on any atom is -0.495 e. The van der Waals surface area contributed by atoms with Gasteiger partial charge in [-0.25, -0.2) is 13.1 Å². The Balaban J connectivity index is 3.00. The zero-order chi connectivity index (χ0) is 15.0. The Hall–Kier alpha value is -1.15. The van der Waals surface area contributed by atoms with Crippen LogP contribution in [-0.4, -0.2) is 42.3 Å².